The summed E-state index contributed by atoms with van der Waals surface area (Å²) < 4.78 is 4.92. The van der Waals surface area contributed by atoms with Crippen LogP contribution >= 0.6 is 15.9 Å². The topological polar surface area (TPSA) is 95.4 Å². The molecule has 2 aromatic rings. The number of rotatable bonds is 2. The van der Waals surface area contributed by atoms with Crippen LogP contribution in [0.3, 0.4) is 0 Å². The quantitative estimate of drug-likeness (QED) is 0.783. The fraction of sp³-hybridized carbons (Fsp3) is 0.0909. The van der Waals surface area contributed by atoms with Gasteiger partial charge in [0.05, 0.1) is 7.11 Å². The van der Waals surface area contributed by atoms with Crippen molar-refractivity contribution >= 4 is 15.9 Å². The van der Waals surface area contributed by atoms with Gasteiger partial charge in [-0.3, -0.25) is 4.79 Å². The first kappa shape index (κ1) is 12.4. The fourth-order valence-corrected chi connectivity index (χ4v) is 1.60. The lowest BCUT2D eigenvalue weighted by molar-refractivity contribution is 0.373. The smallest absolute Gasteiger partial charge is 0.269 e. The van der Waals surface area contributed by atoms with Gasteiger partial charge in [0.15, 0.2) is 11.5 Å². The zero-order valence-corrected chi connectivity index (χ0v) is 10.9. The molecular formula is C11H9BrN2O4. The highest BCUT2D eigenvalue weighted by Gasteiger charge is 2.11. The zero-order valence-electron chi connectivity index (χ0n) is 9.27. The van der Waals surface area contributed by atoms with E-state index in [2.05, 4.69) is 25.9 Å². The van der Waals surface area contributed by atoms with Crippen molar-refractivity contribution in [3.63, 3.8) is 0 Å². The summed E-state index contributed by atoms with van der Waals surface area (Å²) in [6.07, 6.45) is 0. The van der Waals surface area contributed by atoms with Gasteiger partial charge in [-0.2, -0.15) is 4.98 Å². The highest BCUT2D eigenvalue weighted by Crippen LogP contribution is 2.30. The molecule has 1 aromatic heterocycles. The van der Waals surface area contributed by atoms with E-state index in [4.69, 9.17) is 4.74 Å². The molecule has 0 aliphatic heterocycles. The minimum Gasteiger partial charge on any atom is -0.504 e. The number of hydrogen-bond donors (Lipinski definition) is 3. The van der Waals surface area contributed by atoms with Gasteiger partial charge >= 0.3 is 0 Å². The second kappa shape index (κ2) is 4.69. The predicted octanol–water partition coefficient (Wildman–Crippen LogP) is 1.62. The van der Waals surface area contributed by atoms with Crippen LogP contribution < -0.4 is 10.3 Å². The Kier molecular flexibility index (Phi) is 3.24. The molecule has 0 radical (unpaired) electrons. The van der Waals surface area contributed by atoms with Gasteiger partial charge in [0, 0.05) is 5.56 Å². The van der Waals surface area contributed by atoms with Gasteiger partial charge in [-0.25, -0.2) is 0 Å². The van der Waals surface area contributed by atoms with Crippen LogP contribution in [0.15, 0.2) is 27.5 Å². The number of ether oxygens (including phenoxy) is 1. The van der Waals surface area contributed by atoms with Crippen LogP contribution in [0.2, 0.25) is 0 Å². The Morgan fingerprint density at radius 1 is 1.39 bits per heavy atom. The number of H-pyrrole nitrogens is 1. The largest absolute Gasteiger partial charge is 0.504 e. The summed E-state index contributed by atoms with van der Waals surface area (Å²) in [7, 11) is 1.41. The number of methoxy groups -OCH3 is 1. The number of hydrogen-bond acceptors (Lipinski definition) is 5. The number of nitrogens with zero attached hydrogens (tertiary/aromatic N) is 1. The van der Waals surface area contributed by atoms with Gasteiger partial charge in [-0.05, 0) is 34.1 Å². The van der Waals surface area contributed by atoms with Crippen LogP contribution in [0.25, 0.3) is 11.4 Å². The summed E-state index contributed by atoms with van der Waals surface area (Å²) >= 11 is 2.90. The lowest BCUT2D eigenvalue weighted by Gasteiger charge is -2.06. The molecule has 94 valence electrons. The molecule has 1 aromatic carbocycles. The van der Waals surface area contributed by atoms with Crippen molar-refractivity contribution in [1.29, 1.82) is 0 Å². The Morgan fingerprint density at radius 3 is 2.72 bits per heavy atom. The zero-order chi connectivity index (χ0) is 13.3. The van der Waals surface area contributed by atoms with Crippen molar-refractivity contribution in [3.05, 3.63) is 33.0 Å². The molecule has 0 amide bonds. The van der Waals surface area contributed by atoms with Crippen LogP contribution in [0.1, 0.15) is 0 Å². The molecule has 3 N–H and O–H groups in total. The number of benzene rings is 1. The maximum atomic E-state index is 11.5. The van der Waals surface area contributed by atoms with Crippen molar-refractivity contribution in [3.8, 4) is 28.8 Å². The molecule has 1 heterocycles. The average molecular weight is 313 g/mol. The van der Waals surface area contributed by atoms with Gasteiger partial charge in [0.2, 0.25) is 5.88 Å². The number of nitrogens with one attached hydrogen (secondary N) is 1. The minimum absolute atomic E-state index is 0.0232. The Labute approximate surface area is 110 Å². The highest BCUT2D eigenvalue weighted by molar-refractivity contribution is 9.10. The third-order valence-electron chi connectivity index (χ3n) is 2.30. The molecule has 0 atom stereocenters. The average Bonchev–Trinajstić information content (AvgIpc) is 2.36. The molecule has 0 unspecified atom stereocenters. The lowest BCUT2D eigenvalue weighted by Crippen LogP contribution is -2.09. The fourth-order valence-electron chi connectivity index (χ4n) is 1.41. The molecule has 2 rings (SSSR count). The van der Waals surface area contributed by atoms with Crippen molar-refractivity contribution in [2.75, 3.05) is 7.11 Å². The summed E-state index contributed by atoms with van der Waals surface area (Å²) in [5, 5.41) is 18.9. The number of phenolic OH excluding ortho intramolecular Hbond substituents is 1. The van der Waals surface area contributed by atoms with Crippen LogP contribution in [0, 0.1) is 0 Å². The van der Waals surface area contributed by atoms with Crippen LogP contribution in [-0.4, -0.2) is 27.3 Å². The van der Waals surface area contributed by atoms with E-state index < -0.39 is 11.4 Å². The van der Waals surface area contributed by atoms with Gasteiger partial charge < -0.3 is 19.9 Å². The van der Waals surface area contributed by atoms with Gasteiger partial charge in [-0.1, -0.05) is 0 Å². The maximum Gasteiger partial charge on any atom is 0.269 e. The molecule has 6 nitrogen and oxygen atoms in total. The molecule has 0 spiro atoms. The maximum absolute atomic E-state index is 11.5. The highest BCUT2D eigenvalue weighted by atomic mass is 79.9. The second-order valence-electron chi connectivity index (χ2n) is 3.44. The normalized spacial score (nSPS) is 10.3. The predicted molar refractivity (Wildman–Crippen MR) is 67.9 cm³/mol. The SMILES string of the molecule is COc1cc(-c2nc(O)c(Br)c(=O)[nH]2)ccc1O. The van der Waals surface area contributed by atoms with Crippen molar-refractivity contribution in [2.45, 2.75) is 0 Å². The Hall–Kier alpha value is -2.02. The molecule has 0 fully saturated rings. The van der Waals surface area contributed by atoms with Crippen molar-refractivity contribution in [2.24, 2.45) is 0 Å². The van der Waals surface area contributed by atoms with E-state index in [0.29, 0.717) is 5.56 Å². The third-order valence-corrected chi connectivity index (χ3v) is 3.01. The van der Waals surface area contributed by atoms with E-state index in [0.717, 1.165) is 0 Å². The number of aromatic nitrogens is 2. The molecule has 7 heteroatoms. The first-order valence-corrected chi connectivity index (χ1v) is 5.68. The van der Waals surface area contributed by atoms with Crippen LogP contribution in [0.4, 0.5) is 0 Å². The van der Waals surface area contributed by atoms with E-state index in [1.165, 1.54) is 19.2 Å². The standard InChI is InChI=1S/C11H9BrN2O4/c1-18-7-4-5(2-3-6(7)15)9-13-10(16)8(12)11(17)14-9/h2-4,15H,1H3,(H2,13,14,16,17). The molecule has 0 saturated heterocycles. The Bertz CT molecular complexity index is 654. The summed E-state index contributed by atoms with van der Waals surface area (Å²) in [5.74, 6) is 0.00211. The van der Waals surface area contributed by atoms with E-state index in [1.807, 2.05) is 0 Å². The van der Waals surface area contributed by atoms with Crippen molar-refractivity contribution < 1.29 is 14.9 Å². The number of aromatic hydroxyl groups is 2. The third kappa shape index (κ3) is 2.17. The van der Waals surface area contributed by atoms with Crippen molar-refractivity contribution in [1.82, 2.24) is 9.97 Å². The van der Waals surface area contributed by atoms with Crippen LogP contribution in [-0.2, 0) is 0 Å². The van der Waals surface area contributed by atoms with Gasteiger partial charge in [0.25, 0.3) is 5.56 Å². The summed E-state index contributed by atoms with van der Waals surface area (Å²) in [5.41, 5.74) is 0.00842. The summed E-state index contributed by atoms with van der Waals surface area (Å²) in [6.45, 7) is 0. The van der Waals surface area contributed by atoms with Gasteiger partial charge in [0.1, 0.15) is 10.3 Å². The number of aromatic amines is 1. The molecule has 18 heavy (non-hydrogen) atoms. The van der Waals surface area contributed by atoms with E-state index in [1.54, 1.807) is 6.07 Å². The monoisotopic (exact) mass is 312 g/mol. The molecule has 0 aliphatic rings. The Morgan fingerprint density at radius 2 is 2.11 bits per heavy atom. The van der Waals surface area contributed by atoms with Crippen LogP contribution in [0.5, 0.6) is 17.4 Å². The molecule has 0 bridgehead atoms. The lowest BCUT2D eigenvalue weighted by atomic mass is 10.2. The molecular weight excluding hydrogens is 304 g/mol. The van der Waals surface area contributed by atoms with E-state index in [9.17, 15) is 15.0 Å². The molecule has 0 saturated carbocycles. The Balaban J connectivity index is 2.59. The number of halogens is 1. The number of phenols is 1. The summed E-state index contributed by atoms with van der Waals surface area (Å²) in [6, 6.07) is 4.46. The van der Waals surface area contributed by atoms with E-state index >= 15 is 0 Å². The molecule has 0 aliphatic carbocycles. The van der Waals surface area contributed by atoms with Gasteiger partial charge in [-0.15, -0.1) is 0 Å². The first-order chi connectivity index (χ1) is 8.52. The minimum atomic E-state index is -0.496. The first-order valence-electron chi connectivity index (χ1n) is 4.89. The second-order valence-corrected chi connectivity index (χ2v) is 4.23. The summed E-state index contributed by atoms with van der Waals surface area (Å²) in [4.78, 5) is 17.8. The van der Waals surface area contributed by atoms with E-state index in [-0.39, 0.29) is 21.8 Å².